The van der Waals surface area contributed by atoms with Crippen LogP contribution < -0.4 is 0 Å². The van der Waals surface area contributed by atoms with E-state index >= 15 is 0 Å². The molecule has 112 valence electrons. The lowest BCUT2D eigenvalue weighted by Gasteiger charge is -2.15. The van der Waals surface area contributed by atoms with Crippen molar-refractivity contribution in [3.63, 3.8) is 0 Å². The Morgan fingerprint density at radius 1 is 0.696 bits per heavy atom. The monoisotopic (exact) mass is 400 g/mol. The lowest BCUT2D eigenvalue weighted by Crippen LogP contribution is -2.06. The van der Waals surface area contributed by atoms with Crippen LogP contribution in [0.4, 0.5) is 0 Å². The predicted octanol–water partition coefficient (Wildman–Crippen LogP) is 5.78. The number of fused-ring (bicyclic) bond motifs is 3. The van der Waals surface area contributed by atoms with E-state index in [1.807, 2.05) is 48.5 Å². The number of thioether (sulfide) groups is 2. The summed E-state index contributed by atoms with van der Waals surface area (Å²) in [6.45, 7) is 0. The molecule has 0 radical (unpaired) electrons. The molecule has 0 N–H and O–H groups in total. The molecular weight excluding hydrogens is 392 g/mol. The van der Waals surface area contributed by atoms with Crippen molar-refractivity contribution in [1.82, 2.24) is 0 Å². The van der Waals surface area contributed by atoms with Gasteiger partial charge in [0.1, 0.15) is 0 Å². The maximum atomic E-state index is 12.7. The van der Waals surface area contributed by atoms with E-state index in [4.69, 9.17) is 0 Å². The Labute approximate surface area is 149 Å². The molecule has 3 aromatic rings. The van der Waals surface area contributed by atoms with Gasteiger partial charge in [-0.2, -0.15) is 0 Å². The topological polar surface area (TPSA) is 34.1 Å². The zero-order valence-electron chi connectivity index (χ0n) is 11.7. The minimum Gasteiger partial charge on any atom is -0.281 e. The summed E-state index contributed by atoms with van der Waals surface area (Å²) in [5.74, 6) is 0. The molecule has 23 heavy (non-hydrogen) atoms. The van der Waals surface area contributed by atoms with Gasteiger partial charge in [0.25, 0.3) is 0 Å². The van der Waals surface area contributed by atoms with E-state index in [-0.39, 0.29) is 10.2 Å². The molecule has 5 heteroatoms. The first-order valence-corrected chi connectivity index (χ1v) is 9.31. The molecule has 0 amide bonds. The van der Waals surface area contributed by atoms with Crippen LogP contribution in [0.15, 0.2) is 68.9 Å². The summed E-state index contributed by atoms with van der Waals surface area (Å²) < 4.78 is 0.831. The maximum Gasteiger partial charge on any atom is 0.225 e. The normalized spacial score (nSPS) is 14.1. The fourth-order valence-electron chi connectivity index (χ4n) is 2.52. The molecule has 0 unspecified atom stereocenters. The molecule has 1 aliphatic heterocycles. The first-order chi connectivity index (χ1) is 11.1. The molecule has 0 saturated carbocycles. The second-order valence-electron chi connectivity index (χ2n) is 5.12. The lowest BCUT2D eigenvalue weighted by molar-refractivity contribution is 0.108. The van der Waals surface area contributed by atoms with Crippen LogP contribution in [0.25, 0.3) is 10.8 Å². The third-order valence-electron chi connectivity index (χ3n) is 3.63. The molecule has 2 nitrogen and oxygen atoms in total. The zero-order chi connectivity index (χ0) is 16.0. The van der Waals surface area contributed by atoms with Crippen molar-refractivity contribution in [2.24, 2.45) is 0 Å². The summed E-state index contributed by atoms with van der Waals surface area (Å²) in [6.07, 6.45) is 0. The summed E-state index contributed by atoms with van der Waals surface area (Å²) in [4.78, 5) is 26.7. The number of rotatable bonds is 0. The minimum atomic E-state index is -0.0437. The van der Waals surface area contributed by atoms with Gasteiger partial charge in [0.05, 0.1) is 0 Å². The fourth-order valence-corrected chi connectivity index (χ4v) is 4.82. The highest BCUT2D eigenvalue weighted by molar-refractivity contribution is 9.10. The molecule has 0 aromatic heterocycles. The molecule has 4 rings (SSSR count). The van der Waals surface area contributed by atoms with E-state index in [1.54, 1.807) is 6.07 Å². The average molecular weight is 401 g/mol. The fraction of sp³-hybridized carbons (Fsp3) is 0. The van der Waals surface area contributed by atoms with Crippen molar-refractivity contribution >= 4 is 60.5 Å². The van der Waals surface area contributed by atoms with Crippen LogP contribution in [-0.2, 0) is 0 Å². The second kappa shape index (κ2) is 5.82. The smallest absolute Gasteiger partial charge is 0.225 e. The van der Waals surface area contributed by atoms with E-state index in [0.29, 0.717) is 16.0 Å². The van der Waals surface area contributed by atoms with E-state index in [9.17, 15) is 9.59 Å². The van der Waals surface area contributed by atoms with Gasteiger partial charge >= 0.3 is 0 Å². The Balaban J connectivity index is 1.91. The van der Waals surface area contributed by atoms with Crippen LogP contribution in [-0.4, -0.2) is 10.2 Å². The first kappa shape index (κ1) is 15.0. The number of carbonyl (C=O) groups is 2. The summed E-state index contributed by atoms with van der Waals surface area (Å²) in [7, 11) is 0. The number of carbonyl (C=O) groups excluding carboxylic acids is 2. The van der Waals surface area contributed by atoms with Crippen molar-refractivity contribution in [3.8, 4) is 0 Å². The van der Waals surface area contributed by atoms with Crippen LogP contribution in [0.5, 0.6) is 0 Å². The average Bonchev–Trinajstić information content (AvgIpc) is 2.54. The number of halogens is 1. The molecule has 1 heterocycles. The Morgan fingerprint density at radius 3 is 2.04 bits per heavy atom. The van der Waals surface area contributed by atoms with Crippen molar-refractivity contribution in [1.29, 1.82) is 0 Å². The van der Waals surface area contributed by atoms with Gasteiger partial charge in [-0.15, -0.1) is 0 Å². The first-order valence-electron chi connectivity index (χ1n) is 6.88. The number of hydrogen-bond acceptors (Lipinski definition) is 4. The van der Waals surface area contributed by atoms with E-state index in [2.05, 4.69) is 15.9 Å². The highest BCUT2D eigenvalue weighted by Crippen LogP contribution is 2.40. The quantitative estimate of drug-likeness (QED) is 0.478. The largest absolute Gasteiger partial charge is 0.281 e. The van der Waals surface area contributed by atoms with E-state index < -0.39 is 0 Å². The Bertz CT molecular complexity index is 982. The van der Waals surface area contributed by atoms with E-state index in [1.165, 1.54) is 0 Å². The summed E-state index contributed by atoms with van der Waals surface area (Å²) in [5.41, 5.74) is 1.17. The molecule has 0 atom stereocenters. The molecule has 3 aromatic carbocycles. The number of hydrogen-bond donors (Lipinski definition) is 0. The molecule has 1 aliphatic rings. The summed E-state index contributed by atoms with van der Waals surface area (Å²) >= 11 is 5.62. The van der Waals surface area contributed by atoms with Gasteiger partial charge < -0.3 is 0 Å². The van der Waals surface area contributed by atoms with Crippen LogP contribution >= 0.6 is 39.5 Å². The van der Waals surface area contributed by atoms with Gasteiger partial charge in [-0.1, -0.05) is 40.2 Å². The molecule has 0 saturated heterocycles. The standard InChI is InChI=1S/C18H9BrO2S2/c19-12-5-6-15-14(9-12)18(21)23-16-8-11-4-2-1-3-10(11)7-13(16)17(20)22-15/h1-9H. The Morgan fingerprint density at radius 2 is 1.30 bits per heavy atom. The molecule has 0 bridgehead atoms. The van der Waals surface area contributed by atoms with Gasteiger partial charge in [0.2, 0.25) is 10.2 Å². The van der Waals surface area contributed by atoms with Crippen LogP contribution in [0, 0.1) is 0 Å². The van der Waals surface area contributed by atoms with Crippen molar-refractivity contribution in [3.05, 3.63) is 70.2 Å². The van der Waals surface area contributed by atoms with E-state index in [0.717, 1.165) is 43.7 Å². The Hall–Kier alpha value is -1.56. The van der Waals surface area contributed by atoms with Crippen LogP contribution in [0.2, 0.25) is 0 Å². The van der Waals surface area contributed by atoms with Gasteiger partial charge in [0.15, 0.2) is 0 Å². The van der Waals surface area contributed by atoms with Gasteiger partial charge in [-0.25, -0.2) is 0 Å². The highest BCUT2D eigenvalue weighted by atomic mass is 79.9. The van der Waals surface area contributed by atoms with Gasteiger partial charge in [-0.05, 0) is 64.6 Å². The highest BCUT2D eigenvalue weighted by Gasteiger charge is 2.24. The molecule has 0 aliphatic carbocycles. The summed E-state index contributed by atoms with van der Waals surface area (Å²) in [6, 6.07) is 17.1. The third-order valence-corrected chi connectivity index (χ3v) is 6.07. The number of benzene rings is 3. The van der Waals surface area contributed by atoms with Crippen LogP contribution in [0.1, 0.15) is 20.7 Å². The maximum absolute atomic E-state index is 12.7. The molecule has 0 spiro atoms. The molecular formula is C18H9BrO2S2. The minimum absolute atomic E-state index is 0.0330. The van der Waals surface area contributed by atoms with Gasteiger partial charge in [-0.3, -0.25) is 9.59 Å². The Kier molecular flexibility index (Phi) is 3.79. The van der Waals surface area contributed by atoms with Gasteiger partial charge in [0, 0.05) is 25.4 Å². The van der Waals surface area contributed by atoms with Crippen molar-refractivity contribution < 1.29 is 9.59 Å². The summed E-state index contributed by atoms with van der Waals surface area (Å²) in [5, 5.41) is 1.95. The molecule has 0 fully saturated rings. The SMILES string of the molecule is O=C1Sc2cc3ccccc3cc2C(=O)Sc2ccc(Br)cc21. The van der Waals surface area contributed by atoms with Crippen molar-refractivity contribution in [2.75, 3.05) is 0 Å². The predicted molar refractivity (Wildman–Crippen MR) is 98.5 cm³/mol. The van der Waals surface area contributed by atoms with Crippen molar-refractivity contribution in [2.45, 2.75) is 9.79 Å². The zero-order valence-corrected chi connectivity index (χ0v) is 14.9. The van der Waals surface area contributed by atoms with Crippen LogP contribution in [0.3, 0.4) is 0 Å². The second-order valence-corrected chi connectivity index (χ2v) is 8.06. The third kappa shape index (κ3) is 2.73. The lowest BCUT2D eigenvalue weighted by atomic mass is 10.1.